The van der Waals surface area contributed by atoms with Crippen LogP contribution >= 0.6 is 11.3 Å². The van der Waals surface area contributed by atoms with Crippen LogP contribution in [0.4, 0.5) is 0 Å². The van der Waals surface area contributed by atoms with Gasteiger partial charge in [-0.15, -0.1) is 11.3 Å². The summed E-state index contributed by atoms with van der Waals surface area (Å²) in [4.78, 5) is 15.3. The third-order valence-electron chi connectivity index (χ3n) is 10.8. The van der Waals surface area contributed by atoms with Crippen LogP contribution in [0.25, 0.3) is 110 Å². The molecular weight excluding hydrogens is 729 g/mol. The molecule has 3 heterocycles. The number of aromatic nitrogens is 3. The molecule has 5 nitrogen and oxygen atoms in total. The second-order valence-electron chi connectivity index (χ2n) is 14.3. The fourth-order valence-electron chi connectivity index (χ4n) is 7.91. The van der Waals surface area contributed by atoms with Gasteiger partial charge in [-0.1, -0.05) is 133 Å². The van der Waals surface area contributed by atoms with Crippen LogP contribution in [-0.2, 0) is 0 Å². The van der Waals surface area contributed by atoms with E-state index in [1.807, 2.05) is 66.7 Å². The van der Waals surface area contributed by atoms with Crippen molar-refractivity contribution < 1.29 is 4.42 Å². The van der Waals surface area contributed by atoms with Crippen LogP contribution in [0.2, 0.25) is 0 Å². The minimum Gasteiger partial charge on any atom is -0.456 e. The van der Waals surface area contributed by atoms with Crippen molar-refractivity contribution >= 4 is 53.4 Å². The molecular formula is C52H30N4OS. The molecule has 11 aromatic rings. The maximum absolute atomic E-state index is 9.46. The van der Waals surface area contributed by atoms with E-state index in [9.17, 15) is 5.26 Å². The van der Waals surface area contributed by atoms with Crippen LogP contribution < -0.4 is 0 Å². The molecule has 0 bridgehead atoms. The Balaban J connectivity index is 1.04. The molecule has 0 saturated carbocycles. The average Bonchev–Trinajstić information content (AvgIpc) is 3.87. The summed E-state index contributed by atoms with van der Waals surface area (Å²) in [5.74, 6) is 1.72. The Bertz CT molecular complexity index is 3410. The van der Waals surface area contributed by atoms with E-state index in [0.717, 1.165) is 60.9 Å². The molecule has 58 heavy (non-hydrogen) atoms. The molecule has 0 amide bonds. The standard InChI is InChI=1S/C52H30N4OS/c53-31-32-9-6-12-36(27-32)34-19-21-35(22-20-34)50-54-51(56-52(55-50)40-23-25-43-42-15-4-5-18-47(42)58-48(43)30-40)39-24-26-44-46(29-39)57-45-17-8-16-41(49(44)45)38-14-7-13-37(28-38)33-10-2-1-3-11-33/h1-30H. The molecule has 0 aliphatic rings. The third kappa shape index (κ3) is 5.90. The first kappa shape index (κ1) is 33.6. The summed E-state index contributed by atoms with van der Waals surface area (Å²) in [6, 6.07) is 64.6. The summed E-state index contributed by atoms with van der Waals surface area (Å²) >= 11 is 1.77. The molecule has 0 spiro atoms. The predicted molar refractivity (Wildman–Crippen MR) is 237 cm³/mol. The Morgan fingerprint density at radius 3 is 1.79 bits per heavy atom. The summed E-state index contributed by atoms with van der Waals surface area (Å²) in [7, 11) is 0. The van der Waals surface area contributed by atoms with Gasteiger partial charge < -0.3 is 4.42 Å². The van der Waals surface area contributed by atoms with Gasteiger partial charge in [-0.3, -0.25) is 0 Å². The molecule has 3 aromatic heterocycles. The van der Waals surface area contributed by atoms with Crippen molar-refractivity contribution in [1.82, 2.24) is 15.0 Å². The Hall–Kier alpha value is -7.72. The molecule has 8 aromatic carbocycles. The largest absolute Gasteiger partial charge is 0.456 e. The zero-order chi connectivity index (χ0) is 38.6. The first-order valence-electron chi connectivity index (χ1n) is 19.1. The van der Waals surface area contributed by atoms with Gasteiger partial charge in [-0.05, 0) is 81.9 Å². The van der Waals surface area contributed by atoms with Gasteiger partial charge in [0, 0.05) is 47.6 Å². The molecule has 0 aliphatic heterocycles. The second-order valence-corrected chi connectivity index (χ2v) is 15.4. The van der Waals surface area contributed by atoms with Gasteiger partial charge in [-0.25, -0.2) is 15.0 Å². The van der Waals surface area contributed by atoms with Crippen molar-refractivity contribution in [3.8, 4) is 73.6 Å². The van der Waals surface area contributed by atoms with Crippen LogP contribution in [0.3, 0.4) is 0 Å². The van der Waals surface area contributed by atoms with E-state index in [1.54, 1.807) is 11.3 Å². The molecule has 0 fully saturated rings. The number of furan rings is 1. The normalized spacial score (nSPS) is 11.4. The van der Waals surface area contributed by atoms with Gasteiger partial charge in [0.2, 0.25) is 0 Å². The summed E-state index contributed by atoms with van der Waals surface area (Å²) in [6.07, 6.45) is 0. The van der Waals surface area contributed by atoms with E-state index in [4.69, 9.17) is 19.4 Å². The zero-order valence-electron chi connectivity index (χ0n) is 30.9. The van der Waals surface area contributed by atoms with E-state index < -0.39 is 0 Å². The molecule has 11 rings (SSSR count). The van der Waals surface area contributed by atoms with Crippen molar-refractivity contribution in [3.05, 3.63) is 188 Å². The molecule has 6 heteroatoms. The summed E-state index contributed by atoms with van der Waals surface area (Å²) in [5.41, 5.74) is 11.4. The minimum absolute atomic E-state index is 0.556. The Morgan fingerprint density at radius 2 is 0.983 bits per heavy atom. The first-order valence-corrected chi connectivity index (χ1v) is 19.9. The topological polar surface area (TPSA) is 75.6 Å². The molecule has 0 aliphatic carbocycles. The highest BCUT2D eigenvalue weighted by Crippen LogP contribution is 2.40. The number of hydrogen-bond acceptors (Lipinski definition) is 6. The van der Waals surface area contributed by atoms with E-state index in [1.165, 1.54) is 31.3 Å². The molecule has 0 N–H and O–H groups in total. The van der Waals surface area contributed by atoms with Gasteiger partial charge >= 0.3 is 0 Å². The average molecular weight is 759 g/mol. The highest BCUT2D eigenvalue weighted by molar-refractivity contribution is 7.25. The lowest BCUT2D eigenvalue weighted by Crippen LogP contribution is -2.00. The molecule has 0 atom stereocenters. The number of nitrogens with zero attached hydrogens (tertiary/aromatic N) is 4. The van der Waals surface area contributed by atoms with Crippen molar-refractivity contribution in [2.75, 3.05) is 0 Å². The summed E-state index contributed by atoms with van der Waals surface area (Å²) in [5, 5.41) is 14.0. The summed E-state index contributed by atoms with van der Waals surface area (Å²) in [6.45, 7) is 0. The lowest BCUT2D eigenvalue weighted by atomic mass is 9.96. The maximum Gasteiger partial charge on any atom is 0.164 e. The lowest BCUT2D eigenvalue weighted by Gasteiger charge is -2.10. The highest BCUT2D eigenvalue weighted by atomic mass is 32.1. The first-order chi connectivity index (χ1) is 28.6. The number of rotatable bonds is 6. The fraction of sp³-hybridized carbons (Fsp3) is 0. The van der Waals surface area contributed by atoms with E-state index in [0.29, 0.717) is 23.0 Å². The van der Waals surface area contributed by atoms with Gasteiger partial charge in [0.1, 0.15) is 11.2 Å². The van der Waals surface area contributed by atoms with E-state index in [-0.39, 0.29) is 0 Å². The second kappa shape index (κ2) is 13.8. The Kier molecular flexibility index (Phi) is 7.99. The molecule has 0 radical (unpaired) electrons. The highest BCUT2D eigenvalue weighted by Gasteiger charge is 2.18. The number of hydrogen-bond donors (Lipinski definition) is 0. The number of nitriles is 1. The Morgan fingerprint density at radius 1 is 0.397 bits per heavy atom. The third-order valence-corrected chi connectivity index (χ3v) is 11.9. The SMILES string of the molecule is N#Cc1cccc(-c2ccc(-c3nc(-c4ccc5c(c4)oc4cccc(-c6cccc(-c7ccccc7)c6)c45)nc(-c4ccc5c(c4)sc4ccccc45)n3)cc2)c1. The van der Waals surface area contributed by atoms with Gasteiger partial charge in [0.05, 0.1) is 11.6 Å². The minimum atomic E-state index is 0.556. The van der Waals surface area contributed by atoms with Gasteiger partial charge in [-0.2, -0.15) is 5.26 Å². The van der Waals surface area contributed by atoms with E-state index in [2.05, 4.69) is 121 Å². The smallest absolute Gasteiger partial charge is 0.164 e. The van der Waals surface area contributed by atoms with Crippen molar-refractivity contribution in [2.24, 2.45) is 0 Å². The number of benzene rings is 8. The van der Waals surface area contributed by atoms with Gasteiger partial charge in [0.15, 0.2) is 17.5 Å². The van der Waals surface area contributed by atoms with Crippen molar-refractivity contribution in [3.63, 3.8) is 0 Å². The van der Waals surface area contributed by atoms with Gasteiger partial charge in [0.25, 0.3) is 0 Å². The zero-order valence-corrected chi connectivity index (χ0v) is 31.7. The van der Waals surface area contributed by atoms with Crippen LogP contribution in [-0.4, -0.2) is 15.0 Å². The summed E-state index contributed by atoms with van der Waals surface area (Å²) < 4.78 is 9.01. The molecule has 0 unspecified atom stereocenters. The number of thiophene rings is 1. The number of fused-ring (bicyclic) bond motifs is 6. The van der Waals surface area contributed by atoms with Crippen LogP contribution in [0.15, 0.2) is 186 Å². The van der Waals surface area contributed by atoms with E-state index >= 15 is 0 Å². The Labute approximate surface area is 337 Å². The van der Waals surface area contributed by atoms with Crippen LogP contribution in [0.5, 0.6) is 0 Å². The van der Waals surface area contributed by atoms with Crippen molar-refractivity contribution in [2.45, 2.75) is 0 Å². The predicted octanol–water partition coefficient (Wildman–Crippen LogP) is 14.0. The lowest BCUT2D eigenvalue weighted by molar-refractivity contribution is 0.669. The fourth-order valence-corrected chi connectivity index (χ4v) is 9.06. The monoisotopic (exact) mass is 758 g/mol. The molecule has 0 saturated heterocycles. The molecule has 270 valence electrons. The quantitative estimate of drug-likeness (QED) is 0.169. The van der Waals surface area contributed by atoms with Crippen LogP contribution in [0.1, 0.15) is 5.56 Å². The maximum atomic E-state index is 9.46. The van der Waals surface area contributed by atoms with Crippen LogP contribution in [0, 0.1) is 11.3 Å². The van der Waals surface area contributed by atoms with Crippen molar-refractivity contribution in [1.29, 1.82) is 5.26 Å².